The highest BCUT2D eigenvalue weighted by Crippen LogP contribution is 2.23. The van der Waals surface area contributed by atoms with Crippen molar-refractivity contribution in [3.05, 3.63) is 87.4 Å². The van der Waals surface area contributed by atoms with Crippen molar-refractivity contribution >= 4 is 45.6 Å². The van der Waals surface area contributed by atoms with Gasteiger partial charge in [-0.15, -0.1) is 0 Å². The van der Waals surface area contributed by atoms with Gasteiger partial charge in [0.25, 0.3) is 5.91 Å². The Labute approximate surface area is 217 Å². The molecule has 1 N–H and O–H groups in total. The topological polar surface area (TPSA) is 86.2 Å². The number of hydrogen-bond donors (Lipinski definition) is 1. The molecule has 1 amide bonds. The van der Waals surface area contributed by atoms with Gasteiger partial charge < -0.3 is 14.2 Å². The number of amides is 1. The minimum absolute atomic E-state index is 0.283. The molecule has 9 heteroatoms. The van der Waals surface area contributed by atoms with Crippen molar-refractivity contribution < 1.29 is 23.8 Å². The summed E-state index contributed by atoms with van der Waals surface area (Å²) >= 11 is 9.33. The molecular formula is C26H24BrClN2O5. The molecule has 0 unspecified atom stereocenters. The zero-order chi connectivity index (χ0) is 25.2. The third-order valence-corrected chi connectivity index (χ3v) is 5.32. The third-order valence-electron chi connectivity index (χ3n) is 4.59. The van der Waals surface area contributed by atoms with Crippen LogP contribution in [-0.4, -0.2) is 30.8 Å². The van der Waals surface area contributed by atoms with Gasteiger partial charge in [0.15, 0.2) is 6.10 Å². The first kappa shape index (κ1) is 26.2. The van der Waals surface area contributed by atoms with Gasteiger partial charge in [-0.05, 0) is 74.0 Å². The summed E-state index contributed by atoms with van der Waals surface area (Å²) in [5, 5.41) is 4.49. The van der Waals surface area contributed by atoms with E-state index in [4.69, 9.17) is 25.8 Å². The Balaban J connectivity index is 1.63. The average Bonchev–Trinajstić information content (AvgIpc) is 2.84. The van der Waals surface area contributed by atoms with Crippen molar-refractivity contribution in [3.63, 3.8) is 0 Å². The Bertz CT molecular complexity index is 1200. The molecule has 0 fully saturated rings. The smallest absolute Gasteiger partial charge is 0.343 e. The summed E-state index contributed by atoms with van der Waals surface area (Å²) in [5.74, 6) is 0.446. The number of nitrogens with one attached hydrogen (secondary N) is 1. The number of carbonyl (C=O) groups excluding carboxylic acids is 2. The molecule has 0 radical (unpaired) electrons. The van der Waals surface area contributed by atoms with Gasteiger partial charge >= 0.3 is 5.97 Å². The van der Waals surface area contributed by atoms with Gasteiger partial charge in [0, 0.05) is 15.1 Å². The monoisotopic (exact) mass is 558 g/mol. The number of benzene rings is 3. The summed E-state index contributed by atoms with van der Waals surface area (Å²) in [4.78, 5) is 25.0. The van der Waals surface area contributed by atoms with E-state index in [-0.39, 0.29) is 5.75 Å². The minimum Gasteiger partial charge on any atom is -0.494 e. The maximum Gasteiger partial charge on any atom is 0.343 e. The van der Waals surface area contributed by atoms with Crippen molar-refractivity contribution in [3.8, 4) is 17.2 Å². The molecule has 35 heavy (non-hydrogen) atoms. The molecule has 0 heterocycles. The van der Waals surface area contributed by atoms with Crippen LogP contribution in [0.15, 0.2) is 76.3 Å². The third kappa shape index (κ3) is 8.12. The van der Waals surface area contributed by atoms with Crippen LogP contribution in [0.3, 0.4) is 0 Å². The second-order valence-electron chi connectivity index (χ2n) is 7.40. The summed E-state index contributed by atoms with van der Waals surface area (Å²) in [7, 11) is 0. The Morgan fingerprint density at radius 1 is 1.09 bits per heavy atom. The quantitative estimate of drug-likeness (QED) is 0.142. The summed E-state index contributed by atoms with van der Waals surface area (Å²) in [6, 6.07) is 18.6. The zero-order valence-electron chi connectivity index (χ0n) is 19.2. The second-order valence-corrected chi connectivity index (χ2v) is 8.75. The van der Waals surface area contributed by atoms with E-state index < -0.39 is 18.0 Å². The molecule has 0 aliphatic rings. The number of hydrogen-bond acceptors (Lipinski definition) is 6. The van der Waals surface area contributed by atoms with Crippen LogP contribution < -0.4 is 19.6 Å². The molecule has 3 aromatic carbocycles. The largest absolute Gasteiger partial charge is 0.494 e. The highest BCUT2D eigenvalue weighted by molar-refractivity contribution is 9.10. The van der Waals surface area contributed by atoms with Gasteiger partial charge in [0.05, 0.1) is 18.4 Å². The van der Waals surface area contributed by atoms with Crippen molar-refractivity contribution in [1.29, 1.82) is 0 Å². The van der Waals surface area contributed by atoms with E-state index in [0.29, 0.717) is 34.3 Å². The zero-order valence-corrected chi connectivity index (χ0v) is 21.5. The lowest BCUT2D eigenvalue weighted by Crippen LogP contribution is -2.33. The number of carbonyl (C=O) groups is 2. The van der Waals surface area contributed by atoms with E-state index in [1.54, 1.807) is 73.7 Å². The van der Waals surface area contributed by atoms with Crippen molar-refractivity contribution in [2.45, 2.75) is 26.4 Å². The van der Waals surface area contributed by atoms with E-state index in [9.17, 15) is 9.59 Å². The molecular weight excluding hydrogens is 536 g/mol. The number of hydrazone groups is 1. The molecule has 3 rings (SSSR count). The van der Waals surface area contributed by atoms with Gasteiger partial charge in [-0.3, -0.25) is 4.79 Å². The van der Waals surface area contributed by atoms with Gasteiger partial charge in [-0.2, -0.15) is 5.10 Å². The van der Waals surface area contributed by atoms with Crippen molar-refractivity contribution in [2.24, 2.45) is 5.10 Å². The second kappa shape index (κ2) is 12.9. The Morgan fingerprint density at radius 2 is 1.86 bits per heavy atom. The lowest BCUT2D eigenvalue weighted by molar-refractivity contribution is -0.127. The summed E-state index contributed by atoms with van der Waals surface area (Å²) in [5.41, 5.74) is 3.28. The molecule has 0 saturated carbocycles. The minimum atomic E-state index is -0.810. The average molecular weight is 560 g/mol. The van der Waals surface area contributed by atoms with Crippen molar-refractivity contribution in [2.75, 3.05) is 6.61 Å². The van der Waals surface area contributed by atoms with Crippen molar-refractivity contribution in [1.82, 2.24) is 5.43 Å². The lowest BCUT2D eigenvalue weighted by atomic mass is 10.2. The number of ether oxygens (including phenoxy) is 3. The van der Waals surface area contributed by atoms with E-state index in [1.807, 2.05) is 6.92 Å². The molecule has 0 saturated heterocycles. The van der Waals surface area contributed by atoms with Crippen LogP contribution in [0, 0.1) is 0 Å². The highest BCUT2D eigenvalue weighted by atomic mass is 79.9. The first-order valence-electron chi connectivity index (χ1n) is 10.9. The van der Waals surface area contributed by atoms with Crippen LogP contribution >= 0.6 is 27.5 Å². The fraction of sp³-hybridized carbons (Fsp3) is 0.192. The fourth-order valence-electron chi connectivity index (χ4n) is 2.83. The van der Waals surface area contributed by atoms with E-state index in [1.165, 1.54) is 6.21 Å². The summed E-state index contributed by atoms with van der Waals surface area (Å²) in [6.07, 6.45) is 1.47. The molecule has 0 aliphatic carbocycles. The van der Waals surface area contributed by atoms with Crippen LogP contribution in [0.5, 0.6) is 17.2 Å². The fourth-order valence-corrected chi connectivity index (χ4v) is 3.39. The van der Waals surface area contributed by atoms with E-state index >= 15 is 0 Å². The van der Waals surface area contributed by atoms with Crippen LogP contribution in [0.4, 0.5) is 0 Å². The molecule has 0 aromatic heterocycles. The van der Waals surface area contributed by atoms with Crippen LogP contribution in [-0.2, 0) is 4.79 Å². The van der Waals surface area contributed by atoms with Crippen LogP contribution in [0.2, 0.25) is 5.02 Å². The van der Waals surface area contributed by atoms with Gasteiger partial charge in [-0.25, -0.2) is 10.2 Å². The molecule has 3 aromatic rings. The number of rotatable bonds is 10. The molecule has 0 bridgehead atoms. The molecule has 7 nitrogen and oxygen atoms in total. The Morgan fingerprint density at radius 3 is 2.57 bits per heavy atom. The first-order chi connectivity index (χ1) is 16.9. The molecule has 182 valence electrons. The standard InChI is InChI=1S/C26H24BrClN2O5/c1-3-13-33-22-10-7-18(8-11-22)26(32)35-24-12-9-20(27)14-19(24)16-29-30-25(31)17(2)34-23-6-4-5-21(28)15-23/h4-12,14-17H,3,13H2,1-2H3,(H,30,31)/b29-16-/t17-/m0/s1. The first-order valence-corrected chi connectivity index (χ1v) is 12.0. The predicted octanol–water partition coefficient (Wildman–Crippen LogP) is 6.03. The molecule has 0 aliphatic heterocycles. The highest BCUT2D eigenvalue weighted by Gasteiger charge is 2.15. The van der Waals surface area contributed by atoms with Crippen LogP contribution in [0.1, 0.15) is 36.2 Å². The number of esters is 1. The van der Waals surface area contributed by atoms with E-state index in [2.05, 4.69) is 26.5 Å². The van der Waals surface area contributed by atoms with Gasteiger partial charge in [-0.1, -0.05) is 40.5 Å². The predicted molar refractivity (Wildman–Crippen MR) is 139 cm³/mol. The normalized spacial score (nSPS) is 11.7. The maximum atomic E-state index is 12.6. The summed E-state index contributed by atoms with van der Waals surface area (Å²) in [6.45, 7) is 4.22. The molecule has 0 spiro atoms. The lowest BCUT2D eigenvalue weighted by Gasteiger charge is -2.13. The van der Waals surface area contributed by atoms with E-state index in [0.717, 1.165) is 10.9 Å². The maximum absolute atomic E-state index is 12.6. The SMILES string of the molecule is CCCOc1ccc(C(=O)Oc2ccc(Br)cc2/C=N\NC(=O)[C@H](C)Oc2cccc(Cl)c2)cc1. The molecule has 1 atom stereocenters. The van der Waals surface area contributed by atoms with Crippen LogP contribution in [0.25, 0.3) is 0 Å². The number of nitrogens with zero attached hydrogens (tertiary/aromatic N) is 1. The number of halogens is 2. The van der Waals surface area contributed by atoms with Gasteiger partial charge in [0.2, 0.25) is 0 Å². The Kier molecular flexibility index (Phi) is 9.69. The Hall–Kier alpha value is -3.36. The summed E-state index contributed by atoms with van der Waals surface area (Å²) < 4.78 is 17.4. The van der Waals surface area contributed by atoms with Gasteiger partial charge in [0.1, 0.15) is 17.2 Å².